The number of fused-ring (bicyclic) bond motifs is 3. The fourth-order valence-electron chi connectivity index (χ4n) is 4.85. The van der Waals surface area contributed by atoms with E-state index < -0.39 is 11.8 Å². The van der Waals surface area contributed by atoms with Crippen molar-refractivity contribution < 1.29 is 19.3 Å². The zero-order valence-corrected chi connectivity index (χ0v) is 20.1. The number of phenols is 1. The molecule has 1 unspecified atom stereocenters. The molecule has 1 N–H and O–H groups in total. The number of rotatable bonds is 5. The third-order valence-corrected chi connectivity index (χ3v) is 6.50. The number of ether oxygens (including phenoxy) is 3. The predicted molar refractivity (Wildman–Crippen MR) is 131 cm³/mol. The standard InChI is InChI=1S/C26H27N3O6/c1-5-34-19-14-16(8-11-18(19)30)24-23-22-20(25(31)28(3)26(32)27(22)2)21(29(23)12-13-35-24)15-6-9-17(33-4)10-7-15/h6-11,14,24,30H,5,12-13H2,1-4H3. The Labute approximate surface area is 201 Å². The molecule has 0 aliphatic carbocycles. The number of phenolic OH excluding ortho intramolecular Hbond substituents is 1. The van der Waals surface area contributed by atoms with Gasteiger partial charge in [-0.05, 0) is 54.4 Å². The largest absolute Gasteiger partial charge is 0.504 e. The maximum Gasteiger partial charge on any atom is 0.331 e. The van der Waals surface area contributed by atoms with E-state index in [9.17, 15) is 14.7 Å². The first-order chi connectivity index (χ1) is 16.9. The van der Waals surface area contributed by atoms with Crippen LogP contribution in [-0.2, 0) is 25.4 Å². The highest BCUT2D eigenvalue weighted by atomic mass is 16.5. The van der Waals surface area contributed by atoms with E-state index in [1.807, 2.05) is 31.2 Å². The van der Waals surface area contributed by atoms with Crippen molar-refractivity contribution in [3.63, 3.8) is 0 Å². The van der Waals surface area contributed by atoms with Crippen LogP contribution in [0.4, 0.5) is 0 Å². The van der Waals surface area contributed by atoms with Gasteiger partial charge in [-0.25, -0.2) is 4.79 Å². The van der Waals surface area contributed by atoms with Crippen molar-refractivity contribution in [3.05, 3.63) is 74.6 Å². The van der Waals surface area contributed by atoms with Crippen molar-refractivity contribution in [2.45, 2.75) is 19.6 Å². The maximum atomic E-state index is 13.5. The van der Waals surface area contributed by atoms with E-state index in [2.05, 4.69) is 4.57 Å². The highest BCUT2D eigenvalue weighted by Crippen LogP contribution is 2.42. The number of benzene rings is 2. The van der Waals surface area contributed by atoms with E-state index >= 15 is 0 Å². The van der Waals surface area contributed by atoms with Gasteiger partial charge in [0.2, 0.25) is 0 Å². The summed E-state index contributed by atoms with van der Waals surface area (Å²) in [5.41, 5.74) is 2.77. The molecule has 1 aliphatic heterocycles. The summed E-state index contributed by atoms with van der Waals surface area (Å²) in [7, 11) is 4.75. The molecule has 2 aromatic carbocycles. The second-order valence-electron chi connectivity index (χ2n) is 8.45. The Balaban J connectivity index is 1.85. The van der Waals surface area contributed by atoms with Crippen molar-refractivity contribution >= 4 is 10.9 Å². The quantitative estimate of drug-likeness (QED) is 0.475. The molecule has 0 amide bonds. The summed E-state index contributed by atoms with van der Waals surface area (Å²) >= 11 is 0. The molecule has 0 fully saturated rings. The Morgan fingerprint density at radius 2 is 1.83 bits per heavy atom. The van der Waals surface area contributed by atoms with E-state index in [1.54, 1.807) is 32.4 Å². The highest BCUT2D eigenvalue weighted by molar-refractivity contribution is 5.96. The summed E-state index contributed by atoms with van der Waals surface area (Å²) in [6, 6.07) is 12.6. The van der Waals surface area contributed by atoms with Crippen LogP contribution in [-0.4, -0.2) is 39.1 Å². The average Bonchev–Trinajstić information content (AvgIpc) is 3.23. The molecule has 0 bridgehead atoms. The van der Waals surface area contributed by atoms with Crippen LogP contribution < -0.4 is 20.7 Å². The first kappa shape index (κ1) is 22.8. The third-order valence-electron chi connectivity index (χ3n) is 6.50. The molecule has 1 aliphatic rings. The van der Waals surface area contributed by atoms with E-state index in [0.29, 0.717) is 47.9 Å². The molecular weight excluding hydrogens is 450 g/mol. The van der Waals surface area contributed by atoms with Crippen molar-refractivity contribution in [2.24, 2.45) is 14.1 Å². The van der Waals surface area contributed by atoms with Crippen LogP contribution in [0.5, 0.6) is 17.2 Å². The van der Waals surface area contributed by atoms with Crippen molar-refractivity contribution in [1.29, 1.82) is 0 Å². The van der Waals surface area contributed by atoms with Gasteiger partial charge in [0.25, 0.3) is 5.56 Å². The minimum Gasteiger partial charge on any atom is -0.504 e. The summed E-state index contributed by atoms with van der Waals surface area (Å²) in [6.45, 7) is 3.15. The molecule has 9 nitrogen and oxygen atoms in total. The number of aromatic nitrogens is 3. The van der Waals surface area contributed by atoms with Crippen LogP contribution in [0.25, 0.3) is 22.2 Å². The Hall–Kier alpha value is -3.98. The Morgan fingerprint density at radius 1 is 1.09 bits per heavy atom. The zero-order chi connectivity index (χ0) is 24.9. The molecule has 35 heavy (non-hydrogen) atoms. The van der Waals surface area contributed by atoms with Gasteiger partial charge in [0.05, 0.1) is 42.6 Å². The molecule has 0 spiro atoms. The van der Waals surface area contributed by atoms with Crippen LogP contribution in [0, 0.1) is 0 Å². The fraction of sp³-hybridized carbons (Fsp3) is 0.308. The number of aromatic hydroxyl groups is 1. The monoisotopic (exact) mass is 477 g/mol. The van der Waals surface area contributed by atoms with Gasteiger partial charge in [0.15, 0.2) is 11.5 Å². The lowest BCUT2D eigenvalue weighted by molar-refractivity contribution is 0.0477. The molecule has 0 radical (unpaired) electrons. The summed E-state index contributed by atoms with van der Waals surface area (Å²) in [5, 5.41) is 10.7. The van der Waals surface area contributed by atoms with Gasteiger partial charge in [-0.15, -0.1) is 0 Å². The second-order valence-corrected chi connectivity index (χ2v) is 8.45. The maximum absolute atomic E-state index is 13.5. The lowest BCUT2D eigenvalue weighted by atomic mass is 10.0. The number of hydrogen-bond acceptors (Lipinski definition) is 6. The topological polar surface area (TPSA) is 96.9 Å². The van der Waals surface area contributed by atoms with Crippen LogP contribution in [0.2, 0.25) is 0 Å². The number of methoxy groups -OCH3 is 1. The van der Waals surface area contributed by atoms with Gasteiger partial charge in [-0.1, -0.05) is 6.07 Å². The van der Waals surface area contributed by atoms with Gasteiger partial charge in [0, 0.05) is 20.6 Å². The molecular formula is C26H27N3O6. The first-order valence-corrected chi connectivity index (χ1v) is 11.4. The van der Waals surface area contributed by atoms with Crippen LogP contribution >= 0.6 is 0 Å². The second kappa shape index (κ2) is 8.66. The van der Waals surface area contributed by atoms with Crippen LogP contribution in [0.3, 0.4) is 0 Å². The smallest absolute Gasteiger partial charge is 0.331 e. The fourth-order valence-corrected chi connectivity index (χ4v) is 4.85. The van der Waals surface area contributed by atoms with Crippen LogP contribution in [0.15, 0.2) is 52.1 Å². The molecule has 4 aromatic rings. The zero-order valence-electron chi connectivity index (χ0n) is 20.1. The van der Waals surface area contributed by atoms with Crippen molar-refractivity contribution in [3.8, 4) is 28.5 Å². The van der Waals surface area contributed by atoms with E-state index in [4.69, 9.17) is 14.2 Å². The number of nitrogens with zero attached hydrogens (tertiary/aromatic N) is 3. The summed E-state index contributed by atoms with van der Waals surface area (Å²) in [5.74, 6) is 1.09. The van der Waals surface area contributed by atoms with Crippen LogP contribution in [0.1, 0.15) is 24.3 Å². The number of hydrogen-bond donors (Lipinski definition) is 1. The lowest BCUT2D eigenvalue weighted by Gasteiger charge is -2.28. The Kier molecular flexibility index (Phi) is 5.64. The molecule has 3 heterocycles. The summed E-state index contributed by atoms with van der Waals surface area (Å²) in [4.78, 5) is 26.4. The molecule has 182 valence electrons. The minimum absolute atomic E-state index is 0.0341. The SMILES string of the molecule is CCOc1cc(C2OCCn3c(-c4ccc(OC)cc4)c4c(=O)n(C)c(=O)n(C)c4c32)ccc1O. The van der Waals surface area contributed by atoms with Crippen molar-refractivity contribution in [1.82, 2.24) is 13.7 Å². The lowest BCUT2D eigenvalue weighted by Crippen LogP contribution is -2.37. The van der Waals surface area contributed by atoms with E-state index in [-0.39, 0.29) is 11.3 Å². The Bertz CT molecular complexity index is 1550. The molecule has 1 atom stereocenters. The van der Waals surface area contributed by atoms with Gasteiger partial charge in [0.1, 0.15) is 11.9 Å². The van der Waals surface area contributed by atoms with Gasteiger partial charge in [-0.2, -0.15) is 0 Å². The van der Waals surface area contributed by atoms with Gasteiger partial charge < -0.3 is 23.9 Å². The molecule has 9 heteroatoms. The Morgan fingerprint density at radius 3 is 2.51 bits per heavy atom. The predicted octanol–water partition coefficient (Wildman–Crippen LogP) is 2.94. The van der Waals surface area contributed by atoms with Gasteiger partial charge >= 0.3 is 5.69 Å². The van der Waals surface area contributed by atoms with Gasteiger partial charge in [-0.3, -0.25) is 13.9 Å². The molecule has 0 saturated heterocycles. The highest BCUT2D eigenvalue weighted by Gasteiger charge is 2.33. The first-order valence-electron chi connectivity index (χ1n) is 11.4. The molecule has 2 aromatic heterocycles. The molecule has 5 rings (SSSR count). The summed E-state index contributed by atoms with van der Waals surface area (Å²) in [6.07, 6.45) is -0.573. The number of aryl methyl sites for hydroxylation is 1. The third kappa shape index (κ3) is 3.50. The average molecular weight is 478 g/mol. The normalized spacial score (nSPS) is 15.3. The van der Waals surface area contributed by atoms with E-state index in [0.717, 1.165) is 21.4 Å². The molecule has 0 saturated carbocycles. The minimum atomic E-state index is -0.573. The summed E-state index contributed by atoms with van der Waals surface area (Å²) < 4.78 is 21.8. The van der Waals surface area contributed by atoms with E-state index in [1.165, 1.54) is 11.6 Å². The van der Waals surface area contributed by atoms with Crippen molar-refractivity contribution in [2.75, 3.05) is 20.3 Å².